The summed E-state index contributed by atoms with van der Waals surface area (Å²) in [7, 11) is 0. The van der Waals surface area contributed by atoms with E-state index < -0.39 is 6.10 Å². The van der Waals surface area contributed by atoms with Crippen molar-refractivity contribution in [2.75, 3.05) is 29.5 Å². The average Bonchev–Trinajstić information content (AvgIpc) is 2.29. The maximum Gasteiger partial charge on any atom is 0.131 e. The van der Waals surface area contributed by atoms with Gasteiger partial charge in [-0.05, 0) is 19.1 Å². The molecule has 4 heteroatoms. The Morgan fingerprint density at radius 2 is 2.06 bits per heavy atom. The molecule has 1 aromatic carbocycles. The van der Waals surface area contributed by atoms with E-state index in [0.29, 0.717) is 5.56 Å². The number of halogens is 1. The average molecular weight is 241 g/mol. The molecule has 0 saturated carbocycles. The Balaban J connectivity index is 2.34. The molecule has 1 unspecified atom stereocenters. The second-order valence-corrected chi connectivity index (χ2v) is 5.17. The maximum absolute atomic E-state index is 13.7. The zero-order chi connectivity index (χ0) is 11.5. The van der Waals surface area contributed by atoms with Crippen LogP contribution in [-0.2, 0) is 0 Å². The lowest BCUT2D eigenvalue weighted by atomic mass is 10.1. The number of aliphatic hydroxyl groups is 1. The van der Waals surface area contributed by atoms with Gasteiger partial charge in [-0.1, -0.05) is 6.07 Å². The molecule has 1 aliphatic rings. The molecule has 1 fully saturated rings. The Morgan fingerprint density at radius 3 is 2.69 bits per heavy atom. The van der Waals surface area contributed by atoms with Gasteiger partial charge in [0.2, 0.25) is 0 Å². The number of hydrogen-bond acceptors (Lipinski definition) is 3. The third-order valence-corrected chi connectivity index (χ3v) is 3.74. The van der Waals surface area contributed by atoms with Crippen LogP contribution in [0.2, 0.25) is 0 Å². The fourth-order valence-electron chi connectivity index (χ4n) is 2.02. The highest BCUT2D eigenvalue weighted by molar-refractivity contribution is 7.99. The third-order valence-electron chi connectivity index (χ3n) is 2.80. The molecule has 1 aromatic rings. The van der Waals surface area contributed by atoms with Crippen LogP contribution in [0.3, 0.4) is 0 Å². The first-order valence-electron chi connectivity index (χ1n) is 5.49. The van der Waals surface area contributed by atoms with Crippen LogP contribution < -0.4 is 4.90 Å². The van der Waals surface area contributed by atoms with E-state index in [1.165, 1.54) is 6.07 Å². The first-order valence-corrected chi connectivity index (χ1v) is 6.65. The van der Waals surface area contributed by atoms with Gasteiger partial charge in [0.15, 0.2) is 0 Å². The number of aliphatic hydroxyl groups excluding tert-OH is 1. The first-order chi connectivity index (χ1) is 7.70. The normalized spacial score (nSPS) is 18.6. The van der Waals surface area contributed by atoms with Crippen molar-refractivity contribution in [3.63, 3.8) is 0 Å². The highest BCUT2D eigenvalue weighted by Gasteiger charge is 2.19. The molecule has 2 rings (SSSR count). The minimum absolute atomic E-state index is 0.314. The Morgan fingerprint density at radius 1 is 1.38 bits per heavy atom. The summed E-state index contributed by atoms with van der Waals surface area (Å²) in [6.45, 7) is 3.46. The van der Waals surface area contributed by atoms with E-state index in [1.54, 1.807) is 13.0 Å². The quantitative estimate of drug-likeness (QED) is 0.860. The standard InChI is InChI=1S/C12H16FNOS/c1-9(15)12-10(13)3-2-4-11(12)14-5-7-16-8-6-14/h2-4,9,15H,5-8H2,1H3. The van der Waals surface area contributed by atoms with Crippen LogP contribution in [0.25, 0.3) is 0 Å². The Hall–Kier alpha value is -0.740. The van der Waals surface area contributed by atoms with Crippen LogP contribution in [0.4, 0.5) is 10.1 Å². The van der Waals surface area contributed by atoms with Crippen molar-refractivity contribution >= 4 is 17.4 Å². The summed E-state index contributed by atoms with van der Waals surface area (Å²) >= 11 is 1.91. The van der Waals surface area contributed by atoms with E-state index in [4.69, 9.17) is 0 Å². The minimum atomic E-state index is -0.759. The molecular formula is C12H16FNOS. The van der Waals surface area contributed by atoms with E-state index in [0.717, 1.165) is 30.3 Å². The highest BCUT2D eigenvalue weighted by atomic mass is 32.2. The van der Waals surface area contributed by atoms with E-state index in [1.807, 2.05) is 17.8 Å². The van der Waals surface area contributed by atoms with Crippen molar-refractivity contribution in [3.8, 4) is 0 Å². The summed E-state index contributed by atoms with van der Waals surface area (Å²) in [6, 6.07) is 5.00. The number of hydrogen-bond donors (Lipinski definition) is 1. The molecule has 1 heterocycles. The van der Waals surface area contributed by atoms with Crippen molar-refractivity contribution in [1.29, 1.82) is 0 Å². The molecule has 16 heavy (non-hydrogen) atoms. The molecule has 0 bridgehead atoms. The summed E-state index contributed by atoms with van der Waals surface area (Å²) in [5.41, 5.74) is 1.27. The monoisotopic (exact) mass is 241 g/mol. The Labute approximate surface area is 99.5 Å². The number of nitrogens with zero attached hydrogens (tertiary/aromatic N) is 1. The van der Waals surface area contributed by atoms with E-state index in [9.17, 15) is 9.50 Å². The van der Waals surface area contributed by atoms with Crippen LogP contribution in [0.5, 0.6) is 0 Å². The molecule has 0 amide bonds. The number of thioether (sulfide) groups is 1. The van der Waals surface area contributed by atoms with Crippen molar-refractivity contribution in [1.82, 2.24) is 0 Å². The fraction of sp³-hybridized carbons (Fsp3) is 0.500. The predicted octanol–water partition coefficient (Wildman–Crippen LogP) is 2.43. The molecular weight excluding hydrogens is 225 g/mol. The van der Waals surface area contributed by atoms with Crippen LogP contribution in [-0.4, -0.2) is 29.7 Å². The van der Waals surface area contributed by atoms with Crippen LogP contribution in [0, 0.1) is 5.82 Å². The second kappa shape index (κ2) is 5.06. The Bertz CT molecular complexity index is 364. The SMILES string of the molecule is CC(O)c1c(F)cccc1N1CCSCC1. The largest absolute Gasteiger partial charge is 0.389 e. The number of anilines is 1. The number of rotatable bonds is 2. The van der Waals surface area contributed by atoms with Crippen LogP contribution in [0.1, 0.15) is 18.6 Å². The molecule has 0 spiro atoms. The van der Waals surface area contributed by atoms with Crippen molar-refractivity contribution in [2.45, 2.75) is 13.0 Å². The van der Waals surface area contributed by atoms with Gasteiger partial charge in [0, 0.05) is 35.8 Å². The lowest BCUT2D eigenvalue weighted by Gasteiger charge is -2.31. The summed E-state index contributed by atoms with van der Waals surface area (Å²) in [5, 5.41) is 9.64. The van der Waals surface area contributed by atoms with E-state index >= 15 is 0 Å². The van der Waals surface area contributed by atoms with Gasteiger partial charge in [0.05, 0.1) is 6.10 Å². The molecule has 1 atom stereocenters. The molecule has 1 saturated heterocycles. The molecule has 1 N–H and O–H groups in total. The summed E-state index contributed by atoms with van der Waals surface area (Å²) in [6.07, 6.45) is -0.759. The second-order valence-electron chi connectivity index (χ2n) is 3.95. The molecule has 0 aromatic heterocycles. The van der Waals surface area contributed by atoms with E-state index in [2.05, 4.69) is 4.90 Å². The van der Waals surface area contributed by atoms with Crippen molar-refractivity contribution < 1.29 is 9.50 Å². The minimum Gasteiger partial charge on any atom is -0.389 e. The number of benzene rings is 1. The summed E-state index contributed by atoms with van der Waals surface area (Å²) in [4.78, 5) is 2.15. The molecule has 0 aliphatic carbocycles. The zero-order valence-electron chi connectivity index (χ0n) is 9.32. The zero-order valence-corrected chi connectivity index (χ0v) is 10.1. The van der Waals surface area contributed by atoms with Crippen LogP contribution >= 0.6 is 11.8 Å². The maximum atomic E-state index is 13.7. The van der Waals surface area contributed by atoms with Gasteiger partial charge in [-0.3, -0.25) is 0 Å². The van der Waals surface area contributed by atoms with Gasteiger partial charge in [-0.15, -0.1) is 0 Å². The fourth-order valence-corrected chi connectivity index (χ4v) is 2.92. The third kappa shape index (κ3) is 2.33. The van der Waals surface area contributed by atoms with Gasteiger partial charge in [-0.25, -0.2) is 4.39 Å². The molecule has 88 valence electrons. The smallest absolute Gasteiger partial charge is 0.131 e. The van der Waals surface area contributed by atoms with Crippen molar-refractivity contribution in [2.24, 2.45) is 0 Å². The topological polar surface area (TPSA) is 23.5 Å². The Kier molecular flexibility index (Phi) is 3.71. The molecule has 0 radical (unpaired) electrons. The first kappa shape index (κ1) is 11.7. The van der Waals surface area contributed by atoms with Gasteiger partial charge in [-0.2, -0.15) is 11.8 Å². The summed E-state index contributed by atoms with van der Waals surface area (Å²) < 4.78 is 13.7. The highest BCUT2D eigenvalue weighted by Crippen LogP contribution is 2.30. The lowest BCUT2D eigenvalue weighted by molar-refractivity contribution is 0.194. The summed E-state index contributed by atoms with van der Waals surface area (Å²) in [5.74, 6) is 1.82. The molecule has 1 aliphatic heterocycles. The van der Waals surface area contributed by atoms with Gasteiger partial charge in [0.1, 0.15) is 5.82 Å². The van der Waals surface area contributed by atoms with Crippen molar-refractivity contribution in [3.05, 3.63) is 29.6 Å². The van der Waals surface area contributed by atoms with Gasteiger partial charge in [0.25, 0.3) is 0 Å². The van der Waals surface area contributed by atoms with Gasteiger partial charge >= 0.3 is 0 Å². The predicted molar refractivity (Wildman–Crippen MR) is 66.6 cm³/mol. The lowest BCUT2D eigenvalue weighted by Crippen LogP contribution is -2.33. The van der Waals surface area contributed by atoms with Crippen LogP contribution in [0.15, 0.2) is 18.2 Å². The van der Waals surface area contributed by atoms with Gasteiger partial charge < -0.3 is 10.0 Å². The van der Waals surface area contributed by atoms with E-state index in [-0.39, 0.29) is 5.82 Å². The molecule has 2 nitrogen and oxygen atoms in total.